The molecule has 2 aromatic rings. The predicted octanol–water partition coefficient (Wildman–Crippen LogP) is 4.06. The third-order valence-corrected chi connectivity index (χ3v) is 4.56. The number of anilines is 1. The number of ether oxygens (including phenoxy) is 1. The van der Waals surface area contributed by atoms with Gasteiger partial charge in [0.1, 0.15) is 12.8 Å². The minimum atomic E-state index is -0.794. The van der Waals surface area contributed by atoms with Gasteiger partial charge in [-0.25, -0.2) is 9.18 Å². The molecule has 1 aliphatic carbocycles. The average Bonchev–Trinajstić information content (AvgIpc) is 3.12. The van der Waals surface area contributed by atoms with Gasteiger partial charge in [-0.3, -0.25) is 9.88 Å². The lowest BCUT2D eigenvalue weighted by atomic mass is 10.1. The second-order valence-electron chi connectivity index (χ2n) is 5.91. The summed E-state index contributed by atoms with van der Waals surface area (Å²) in [7, 11) is 0. The third-order valence-electron chi connectivity index (χ3n) is 4.25. The molecule has 1 aromatic carbocycles. The quantitative estimate of drug-likeness (QED) is 0.838. The highest BCUT2D eigenvalue weighted by Gasteiger charge is 2.40. The monoisotopic (exact) mass is 320 g/mol. The summed E-state index contributed by atoms with van der Waals surface area (Å²) >= 11 is 6.32. The normalized spacial score (nSPS) is 27.3. The van der Waals surface area contributed by atoms with E-state index in [9.17, 15) is 9.18 Å². The maximum Gasteiger partial charge on any atom is 0.414 e. The summed E-state index contributed by atoms with van der Waals surface area (Å²) < 4.78 is 18.3. The number of pyridine rings is 1. The second-order valence-corrected chi connectivity index (χ2v) is 6.32. The van der Waals surface area contributed by atoms with Crippen LogP contribution in [0.5, 0.6) is 0 Å². The number of benzene rings is 1. The summed E-state index contributed by atoms with van der Waals surface area (Å²) in [6, 6.07) is 5.44. The highest BCUT2D eigenvalue weighted by Crippen LogP contribution is 2.43. The van der Waals surface area contributed by atoms with Gasteiger partial charge in [0.05, 0.1) is 11.1 Å². The molecule has 1 saturated heterocycles. The van der Waals surface area contributed by atoms with E-state index in [-0.39, 0.29) is 18.1 Å². The number of halogens is 2. The Bertz CT molecular complexity index is 782. The van der Waals surface area contributed by atoms with Crippen molar-refractivity contribution in [3.05, 3.63) is 35.1 Å². The van der Waals surface area contributed by atoms with Crippen LogP contribution < -0.4 is 4.90 Å². The summed E-state index contributed by atoms with van der Waals surface area (Å²) in [5, 5.41) is 2.18. The number of hydrogen-bond acceptors (Lipinski definition) is 3. The van der Waals surface area contributed by atoms with E-state index in [1.54, 1.807) is 17.2 Å². The Hall–Kier alpha value is -1.88. The van der Waals surface area contributed by atoms with Gasteiger partial charge in [-0.1, -0.05) is 11.6 Å². The van der Waals surface area contributed by atoms with Gasteiger partial charge in [0, 0.05) is 28.9 Å². The Balaban J connectivity index is 1.81. The molecule has 0 N–H and O–H groups in total. The first-order chi connectivity index (χ1) is 10.5. The Morgan fingerprint density at radius 1 is 1.41 bits per heavy atom. The molecule has 22 heavy (non-hydrogen) atoms. The summed E-state index contributed by atoms with van der Waals surface area (Å²) in [4.78, 5) is 17.8. The van der Waals surface area contributed by atoms with Gasteiger partial charge in [0.15, 0.2) is 0 Å². The van der Waals surface area contributed by atoms with E-state index in [1.165, 1.54) is 0 Å². The van der Waals surface area contributed by atoms with Gasteiger partial charge in [-0.05, 0) is 36.9 Å². The van der Waals surface area contributed by atoms with Crippen LogP contribution in [-0.4, -0.2) is 29.9 Å². The molecule has 2 heterocycles. The van der Waals surface area contributed by atoms with Crippen LogP contribution in [0.2, 0.25) is 5.02 Å². The van der Waals surface area contributed by atoms with E-state index in [4.69, 9.17) is 16.3 Å². The molecule has 6 heteroatoms. The van der Waals surface area contributed by atoms with E-state index in [2.05, 4.69) is 4.98 Å². The molecule has 114 valence electrons. The largest absolute Gasteiger partial charge is 0.447 e. The summed E-state index contributed by atoms with van der Waals surface area (Å²) in [6.45, 7) is 2.28. The van der Waals surface area contributed by atoms with Crippen LogP contribution in [0, 0.1) is 0 Å². The first kappa shape index (κ1) is 13.8. The molecule has 4 nitrogen and oxygen atoms in total. The number of carbonyl (C=O) groups is 1. The predicted molar refractivity (Wildman–Crippen MR) is 82.3 cm³/mol. The van der Waals surface area contributed by atoms with Gasteiger partial charge in [-0.15, -0.1) is 0 Å². The SMILES string of the molecule is C[C@H]1COC(=O)N1c1cc(Cl)c2cnc(C3CC3F)cc2c1. The highest BCUT2D eigenvalue weighted by molar-refractivity contribution is 6.36. The molecule has 0 bridgehead atoms. The van der Waals surface area contributed by atoms with Gasteiger partial charge < -0.3 is 4.74 Å². The van der Waals surface area contributed by atoms with Crippen molar-refractivity contribution in [1.82, 2.24) is 4.98 Å². The number of amides is 1. The number of rotatable bonds is 2. The molecule has 3 atom stereocenters. The Morgan fingerprint density at radius 2 is 2.18 bits per heavy atom. The minimum Gasteiger partial charge on any atom is -0.447 e. The molecule has 2 aliphatic rings. The Labute approximate surface area is 131 Å². The Kier molecular flexibility index (Phi) is 3.01. The lowest BCUT2D eigenvalue weighted by molar-refractivity contribution is 0.179. The smallest absolute Gasteiger partial charge is 0.414 e. The molecular formula is C16H14ClFN2O2. The fourth-order valence-corrected chi connectivity index (χ4v) is 3.17. The van der Waals surface area contributed by atoms with Crippen molar-refractivity contribution < 1.29 is 13.9 Å². The van der Waals surface area contributed by atoms with E-state index in [1.807, 2.05) is 19.1 Å². The summed E-state index contributed by atoms with van der Waals surface area (Å²) in [6.07, 6.45) is 1.04. The third kappa shape index (κ3) is 2.11. The topological polar surface area (TPSA) is 42.4 Å². The first-order valence-corrected chi connectivity index (χ1v) is 7.61. The van der Waals surface area contributed by atoms with Gasteiger partial charge in [0.25, 0.3) is 0 Å². The van der Waals surface area contributed by atoms with Gasteiger partial charge in [-0.2, -0.15) is 0 Å². The molecule has 0 radical (unpaired) electrons. The zero-order valence-electron chi connectivity index (χ0n) is 11.9. The number of fused-ring (bicyclic) bond motifs is 1. The zero-order valence-corrected chi connectivity index (χ0v) is 12.7. The van der Waals surface area contributed by atoms with Crippen molar-refractivity contribution in [3.8, 4) is 0 Å². The molecule has 2 unspecified atom stereocenters. The molecule has 1 aromatic heterocycles. The van der Waals surface area contributed by atoms with Crippen LogP contribution in [0.3, 0.4) is 0 Å². The van der Waals surface area contributed by atoms with Crippen LogP contribution in [0.4, 0.5) is 14.9 Å². The first-order valence-electron chi connectivity index (χ1n) is 7.24. The van der Waals surface area contributed by atoms with Crippen LogP contribution >= 0.6 is 11.6 Å². The number of hydrogen-bond donors (Lipinski definition) is 0. The molecule has 1 amide bonds. The van der Waals surface area contributed by atoms with Crippen LogP contribution in [0.1, 0.15) is 25.0 Å². The van der Waals surface area contributed by atoms with Crippen molar-refractivity contribution in [2.45, 2.75) is 31.5 Å². The minimum absolute atomic E-state index is 0.0408. The molecular weight excluding hydrogens is 307 g/mol. The second kappa shape index (κ2) is 4.81. The fraction of sp³-hybridized carbons (Fsp3) is 0.375. The maximum atomic E-state index is 13.2. The van der Waals surface area contributed by atoms with Crippen LogP contribution in [0.15, 0.2) is 24.4 Å². The lowest BCUT2D eigenvalue weighted by Crippen LogP contribution is -2.30. The van der Waals surface area contributed by atoms with Gasteiger partial charge >= 0.3 is 6.09 Å². The van der Waals surface area contributed by atoms with Crippen molar-refractivity contribution in [2.75, 3.05) is 11.5 Å². The summed E-state index contributed by atoms with van der Waals surface area (Å²) in [5.74, 6) is -0.109. The van der Waals surface area contributed by atoms with Crippen molar-refractivity contribution in [1.29, 1.82) is 0 Å². The fourth-order valence-electron chi connectivity index (χ4n) is 2.90. The van der Waals surface area contributed by atoms with Crippen LogP contribution in [-0.2, 0) is 4.74 Å². The van der Waals surface area contributed by atoms with Gasteiger partial charge in [0.2, 0.25) is 0 Å². The highest BCUT2D eigenvalue weighted by atomic mass is 35.5. The standard InChI is InChI=1S/C16H14ClFN2O2/c1-8-7-22-16(21)20(8)10-2-9-3-15(11-5-14(11)18)19-6-12(9)13(17)4-10/h2-4,6,8,11,14H,5,7H2,1H3/t8-,11?,14?/m0/s1. The van der Waals surface area contributed by atoms with E-state index in [0.29, 0.717) is 23.7 Å². The molecule has 2 fully saturated rings. The molecule has 4 rings (SSSR count). The maximum absolute atomic E-state index is 13.2. The number of alkyl halides is 1. The van der Waals surface area contributed by atoms with Crippen molar-refractivity contribution in [2.24, 2.45) is 0 Å². The van der Waals surface area contributed by atoms with E-state index < -0.39 is 6.17 Å². The average molecular weight is 321 g/mol. The van der Waals surface area contributed by atoms with Crippen molar-refractivity contribution in [3.63, 3.8) is 0 Å². The van der Waals surface area contributed by atoms with Crippen LogP contribution in [0.25, 0.3) is 10.8 Å². The molecule has 1 aliphatic heterocycles. The number of aromatic nitrogens is 1. The molecule has 1 saturated carbocycles. The zero-order chi connectivity index (χ0) is 15.4. The lowest BCUT2D eigenvalue weighted by Gasteiger charge is -2.19. The summed E-state index contributed by atoms with van der Waals surface area (Å²) in [5.41, 5.74) is 1.43. The van der Waals surface area contributed by atoms with E-state index in [0.717, 1.165) is 16.5 Å². The number of nitrogens with zero attached hydrogens (tertiary/aromatic N) is 2. The van der Waals surface area contributed by atoms with E-state index >= 15 is 0 Å². The van der Waals surface area contributed by atoms with Crippen molar-refractivity contribution >= 4 is 34.2 Å². The number of cyclic esters (lactones) is 1. The number of carbonyl (C=O) groups excluding carboxylic acids is 1. The molecule has 0 spiro atoms. The Morgan fingerprint density at radius 3 is 2.82 bits per heavy atom.